The lowest BCUT2D eigenvalue weighted by atomic mass is 9.88. The Kier molecular flexibility index (Phi) is 3.62. The van der Waals surface area contributed by atoms with Gasteiger partial charge in [0.2, 0.25) is 0 Å². The minimum Gasteiger partial charge on any atom is -0.376 e. The third-order valence-corrected chi connectivity index (χ3v) is 3.87. The molecular weight excluding hydrogens is 297 g/mol. The molecule has 0 fully saturated rings. The summed E-state index contributed by atoms with van der Waals surface area (Å²) in [4.78, 5) is 10.7. The fraction of sp³-hybridized carbons (Fsp3) is 0.333. The average molecular weight is 306 g/mol. The first-order valence-electron chi connectivity index (χ1n) is 5.62. The second kappa shape index (κ2) is 4.96. The van der Waals surface area contributed by atoms with Crippen molar-refractivity contribution in [3.63, 3.8) is 0 Å². The number of alkyl halides is 3. The molecule has 0 spiro atoms. The van der Waals surface area contributed by atoms with Gasteiger partial charge in [0.25, 0.3) is 0 Å². The number of halogens is 3. The van der Waals surface area contributed by atoms with E-state index in [9.17, 15) is 26.4 Å². The van der Waals surface area contributed by atoms with Crippen LogP contribution in [0.25, 0.3) is 5.57 Å². The largest absolute Gasteiger partial charge is 0.534 e. The van der Waals surface area contributed by atoms with Crippen molar-refractivity contribution in [1.82, 2.24) is 0 Å². The third-order valence-electron chi connectivity index (χ3n) is 2.89. The van der Waals surface area contributed by atoms with Gasteiger partial charge in [-0.3, -0.25) is 0 Å². The van der Waals surface area contributed by atoms with E-state index in [1.807, 2.05) is 0 Å². The number of fused-ring (bicyclic) bond motifs is 1. The lowest BCUT2D eigenvalue weighted by Crippen LogP contribution is -2.28. The van der Waals surface area contributed by atoms with Crippen molar-refractivity contribution in [2.45, 2.75) is 24.8 Å². The highest BCUT2D eigenvalue weighted by Crippen LogP contribution is 2.33. The van der Waals surface area contributed by atoms with Gasteiger partial charge in [0.1, 0.15) is 11.7 Å². The van der Waals surface area contributed by atoms with E-state index in [0.717, 1.165) is 6.07 Å². The number of aryl methyl sites for hydroxylation is 1. The van der Waals surface area contributed by atoms with Crippen LogP contribution >= 0.6 is 0 Å². The summed E-state index contributed by atoms with van der Waals surface area (Å²) in [6.07, 6.45) is 1.72. The Balaban J connectivity index is 2.36. The van der Waals surface area contributed by atoms with Crippen molar-refractivity contribution in [2.75, 3.05) is 0 Å². The first kappa shape index (κ1) is 14.6. The Hall–Kier alpha value is -1.79. The molecule has 4 nitrogen and oxygen atoms in total. The maximum Gasteiger partial charge on any atom is 0.534 e. The number of benzene rings is 1. The molecule has 1 aromatic rings. The minimum atomic E-state index is -5.68. The quantitative estimate of drug-likeness (QED) is 0.478. The van der Waals surface area contributed by atoms with Crippen LogP contribution in [0.1, 0.15) is 24.0 Å². The van der Waals surface area contributed by atoms with Gasteiger partial charge in [0.05, 0.1) is 0 Å². The van der Waals surface area contributed by atoms with Crippen LogP contribution in [0.5, 0.6) is 5.75 Å². The molecule has 0 unspecified atom stereocenters. The number of hydrogen-bond acceptors (Lipinski definition) is 4. The zero-order valence-electron chi connectivity index (χ0n) is 10.0. The highest BCUT2D eigenvalue weighted by Gasteiger charge is 2.48. The van der Waals surface area contributed by atoms with Crippen LogP contribution in [0.2, 0.25) is 0 Å². The zero-order chi connectivity index (χ0) is 15.0. The van der Waals surface area contributed by atoms with E-state index in [-0.39, 0.29) is 0 Å². The lowest BCUT2D eigenvalue weighted by molar-refractivity contribution is -0.0500. The van der Waals surface area contributed by atoms with Gasteiger partial charge >= 0.3 is 15.6 Å². The summed E-state index contributed by atoms with van der Waals surface area (Å²) in [5, 5.41) is 0. The Bertz CT molecular complexity index is 685. The van der Waals surface area contributed by atoms with E-state index in [1.54, 1.807) is 5.94 Å². The summed E-state index contributed by atoms with van der Waals surface area (Å²) in [6, 6.07) is 3.66. The smallest absolute Gasteiger partial charge is 0.376 e. The van der Waals surface area contributed by atoms with Crippen LogP contribution in [0, 0.1) is 0 Å². The van der Waals surface area contributed by atoms with Gasteiger partial charge in [0.15, 0.2) is 0 Å². The molecule has 0 aliphatic heterocycles. The summed E-state index contributed by atoms with van der Waals surface area (Å²) in [5.41, 5.74) is -3.90. The SMILES string of the molecule is O=C=C1CCCc2cc(OS(=O)(=O)C(F)(F)F)ccc21. The van der Waals surface area contributed by atoms with Crippen LogP contribution in [0.15, 0.2) is 18.2 Å². The molecule has 20 heavy (non-hydrogen) atoms. The van der Waals surface area contributed by atoms with E-state index < -0.39 is 21.4 Å². The van der Waals surface area contributed by atoms with Gasteiger partial charge in [-0.25, -0.2) is 4.79 Å². The van der Waals surface area contributed by atoms with Crippen LogP contribution in [-0.2, 0) is 21.3 Å². The molecule has 1 aliphatic rings. The fourth-order valence-corrected chi connectivity index (χ4v) is 2.44. The second-order valence-corrected chi connectivity index (χ2v) is 5.77. The number of hydrogen-bond donors (Lipinski definition) is 0. The fourth-order valence-electron chi connectivity index (χ4n) is 1.99. The maximum atomic E-state index is 12.2. The molecule has 0 atom stereocenters. The number of rotatable bonds is 2. The molecule has 0 heterocycles. The first-order chi connectivity index (χ1) is 9.24. The Morgan fingerprint density at radius 1 is 1.20 bits per heavy atom. The first-order valence-corrected chi connectivity index (χ1v) is 7.03. The molecule has 0 aromatic heterocycles. The van der Waals surface area contributed by atoms with Crippen molar-refractivity contribution < 1.29 is 30.6 Å². The topological polar surface area (TPSA) is 60.4 Å². The molecule has 8 heteroatoms. The molecule has 108 valence electrons. The molecule has 0 saturated heterocycles. The molecule has 1 aromatic carbocycles. The summed E-state index contributed by atoms with van der Waals surface area (Å²) in [6.45, 7) is 0. The Labute approximate surface area is 113 Å². The summed E-state index contributed by atoms with van der Waals surface area (Å²) in [5.74, 6) is 1.36. The maximum absolute atomic E-state index is 12.2. The van der Waals surface area contributed by atoms with Gasteiger partial charge in [-0.05, 0) is 48.6 Å². The molecule has 0 radical (unpaired) electrons. The highest BCUT2D eigenvalue weighted by molar-refractivity contribution is 7.88. The van der Waals surface area contributed by atoms with Crippen molar-refractivity contribution in [3.8, 4) is 5.75 Å². The molecule has 0 amide bonds. The molecule has 2 rings (SSSR count). The summed E-state index contributed by atoms with van der Waals surface area (Å²) >= 11 is 0. The summed E-state index contributed by atoms with van der Waals surface area (Å²) < 4.78 is 62.5. The van der Waals surface area contributed by atoms with Crippen molar-refractivity contribution in [3.05, 3.63) is 29.3 Å². The predicted octanol–water partition coefficient (Wildman–Crippen LogP) is 2.47. The van der Waals surface area contributed by atoms with Gasteiger partial charge in [-0.15, -0.1) is 0 Å². The van der Waals surface area contributed by atoms with Gasteiger partial charge in [-0.2, -0.15) is 21.6 Å². The van der Waals surface area contributed by atoms with Gasteiger partial charge in [0, 0.05) is 5.57 Å². The second-order valence-electron chi connectivity index (χ2n) is 4.24. The van der Waals surface area contributed by atoms with Crippen LogP contribution in [-0.4, -0.2) is 19.9 Å². The number of allylic oxidation sites excluding steroid dienone is 1. The standard InChI is InChI=1S/C12H9F3O4S/c13-12(14,15)20(17,18)19-10-4-5-11-8(6-10)2-1-3-9(11)7-16/h4-6H,1-3H2. The zero-order valence-corrected chi connectivity index (χ0v) is 10.8. The molecule has 1 aliphatic carbocycles. The van der Waals surface area contributed by atoms with Crippen LogP contribution in [0.4, 0.5) is 13.2 Å². The van der Waals surface area contributed by atoms with Crippen molar-refractivity contribution in [2.24, 2.45) is 0 Å². The molecular formula is C12H9F3O4S. The predicted molar refractivity (Wildman–Crippen MR) is 64.1 cm³/mol. The number of carbonyl (C=O) groups excluding carboxylic acids is 1. The van der Waals surface area contributed by atoms with E-state index >= 15 is 0 Å². The average Bonchev–Trinajstić information content (AvgIpc) is 2.35. The van der Waals surface area contributed by atoms with E-state index in [0.29, 0.717) is 36.0 Å². The molecule has 0 saturated carbocycles. The summed E-state index contributed by atoms with van der Waals surface area (Å²) in [7, 11) is -5.68. The van der Waals surface area contributed by atoms with E-state index in [1.165, 1.54) is 12.1 Å². The lowest BCUT2D eigenvalue weighted by Gasteiger charge is -2.17. The van der Waals surface area contributed by atoms with E-state index in [2.05, 4.69) is 4.18 Å². The van der Waals surface area contributed by atoms with Crippen LogP contribution in [0.3, 0.4) is 0 Å². The van der Waals surface area contributed by atoms with E-state index in [4.69, 9.17) is 0 Å². The normalized spacial score (nSPS) is 15.4. The van der Waals surface area contributed by atoms with Gasteiger partial charge in [-0.1, -0.05) is 0 Å². The Morgan fingerprint density at radius 3 is 2.50 bits per heavy atom. The van der Waals surface area contributed by atoms with Crippen LogP contribution < -0.4 is 4.18 Å². The third kappa shape index (κ3) is 2.71. The Morgan fingerprint density at radius 2 is 1.90 bits per heavy atom. The van der Waals surface area contributed by atoms with Gasteiger partial charge < -0.3 is 4.18 Å². The highest BCUT2D eigenvalue weighted by atomic mass is 32.2. The molecule has 0 bridgehead atoms. The molecule has 0 N–H and O–H groups in total. The minimum absolute atomic E-state index is 0.423. The van der Waals surface area contributed by atoms with Crippen molar-refractivity contribution in [1.29, 1.82) is 0 Å². The monoisotopic (exact) mass is 306 g/mol. The van der Waals surface area contributed by atoms with Crippen molar-refractivity contribution >= 4 is 21.6 Å².